The van der Waals surface area contributed by atoms with E-state index in [2.05, 4.69) is 29.0 Å². The van der Waals surface area contributed by atoms with E-state index in [9.17, 15) is 0 Å². The maximum absolute atomic E-state index is 4.29. The Hall–Kier alpha value is -1.41. The van der Waals surface area contributed by atoms with Crippen molar-refractivity contribution in [3.05, 3.63) is 42.2 Å². The summed E-state index contributed by atoms with van der Waals surface area (Å²) in [4.78, 5) is 4.29. The first-order valence-electron chi connectivity index (χ1n) is 6.34. The molecule has 88 valence electrons. The molecule has 2 nitrogen and oxygen atoms in total. The molecule has 0 saturated carbocycles. The number of pyridine rings is 1. The molecule has 0 aromatic carbocycles. The molecule has 1 aromatic heterocycles. The summed E-state index contributed by atoms with van der Waals surface area (Å²) in [6.45, 7) is 6.17. The number of allylic oxidation sites excluding steroid dienone is 2. The highest BCUT2D eigenvalue weighted by molar-refractivity contribution is 5.68. The summed E-state index contributed by atoms with van der Waals surface area (Å²) in [5, 5.41) is 3.49. The number of fused-ring (bicyclic) bond motifs is 1. The fourth-order valence-electron chi connectivity index (χ4n) is 2.94. The first-order chi connectivity index (χ1) is 8.36. The van der Waals surface area contributed by atoms with Crippen LogP contribution in [0.3, 0.4) is 0 Å². The summed E-state index contributed by atoms with van der Waals surface area (Å²) in [5.74, 6) is 1.68. The molecule has 0 unspecified atom stereocenters. The van der Waals surface area contributed by atoms with Crippen LogP contribution in [0.5, 0.6) is 0 Å². The fraction of sp³-hybridized carbons (Fsp3) is 0.400. The van der Waals surface area contributed by atoms with Crippen LogP contribution in [0.4, 0.5) is 0 Å². The standard InChI is InChI=1S/C15H18N2/c1-2-11-5-14(9-16-7-11)12-3-4-13-8-17-10-15(13)6-12/h2-3,5,7,9,13,15,17H,1,4,6,8,10H2/t13-,15+/m0/s1. The van der Waals surface area contributed by atoms with Crippen LogP contribution < -0.4 is 5.32 Å². The summed E-state index contributed by atoms with van der Waals surface area (Å²) in [6.07, 6.45) is 10.5. The average Bonchev–Trinajstić information content (AvgIpc) is 2.86. The second-order valence-corrected chi connectivity index (χ2v) is 5.06. The van der Waals surface area contributed by atoms with Gasteiger partial charge in [-0.15, -0.1) is 0 Å². The first-order valence-corrected chi connectivity index (χ1v) is 6.34. The van der Waals surface area contributed by atoms with E-state index in [4.69, 9.17) is 0 Å². The lowest BCUT2D eigenvalue weighted by Gasteiger charge is -2.24. The van der Waals surface area contributed by atoms with Gasteiger partial charge in [0.25, 0.3) is 0 Å². The van der Waals surface area contributed by atoms with Crippen LogP contribution in [-0.2, 0) is 0 Å². The minimum atomic E-state index is 0.822. The highest BCUT2D eigenvalue weighted by Crippen LogP contribution is 2.36. The van der Waals surface area contributed by atoms with Crippen LogP contribution in [-0.4, -0.2) is 18.1 Å². The monoisotopic (exact) mass is 226 g/mol. The van der Waals surface area contributed by atoms with E-state index in [1.165, 1.54) is 37.1 Å². The van der Waals surface area contributed by atoms with Crippen LogP contribution in [0.25, 0.3) is 11.6 Å². The lowest BCUT2D eigenvalue weighted by molar-refractivity contribution is 0.418. The molecule has 17 heavy (non-hydrogen) atoms. The van der Waals surface area contributed by atoms with Gasteiger partial charge < -0.3 is 5.32 Å². The number of rotatable bonds is 2. The number of aromatic nitrogens is 1. The zero-order chi connectivity index (χ0) is 11.7. The molecular formula is C15H18N2. The van der Waals surface area contributed by atoms with Crippen molar-refractivity contribution in [2.24, 2.45) is 11.8 Å². The Balaban J connectivity index is 1.86. The third-order valence-electron chi connectivity index (χ3n) is 3.99. The summed E-state index contributed by atoms with van der Waals surface area (Å²) in [6, 6.07) is 2.19. The number of hydrogen-bond donors (Lipinski definition) is 1. The van der Waals surface area contributed by atoms with Gasteiger partial charge in [0.05, 0.1) is 0 Å². The predicted octanol–water partition coefficient (Wildman–Crippen LogP) is 2.74. The van der Waals surface area contributed by atoms with Crippen LogP contribution in [0, 0.1) is 11.8 Å². The zero-order valence-electron chi connectivity index (χ0n) is 10.0. The van der Waals surface area contributed by atoms with Gasteiger partial charge in [0, 0.05) is 12.4 Å². The minimum Gasteiger partial charge on any atom is -0.316 e. The Morgan fingerprint density at radius 3 is 3.06 bits per heavy atom. The molecule has 3 rings (SSSR count). The smallest absolute Gasteiger partial charge is 0.0343 e. The van der Waals surface area contributed by atoms with Gasteiger partial charge in [-0.2, -0.15) is 0 Å². The molecular weight excluding hydrogens is 208 g/mol. The summed E-state index contributed by atoms with van der Waals surface area (Å²) >= 11 is 0. The van der Waals surface area contributed by atoms with E-state index in [0.717, 1.165) is 17.4 Å². The van der Waals surface area contributed by atoms with Gasteiger partial charge in [0.2, 0.25) is 0 Å². The van der Waals surface area contributed by atoms with E-state index in [1.807, 2.05) is 18.5 Å². The van der Waals surface area contributed by atoms with Gasteiger partial charge in [-0.1, -0.05) is 18.7 Å². The third kappa shape index (κ3) is 2.05. The molecule has 0 radical (unpaired) electrons. The quantitative estimate of drug-likeness (QED) is 0.838. The van der Waals surface area contributed by atoms with Crippen LogP contribution in [0.2, 0.25) is 0 Å². The van der Waals surface area contributed by atoms with Gasteiger partial charge in [0.1, 0.15) is 0 Å². The van der Waals surface area contributed by atoms with Crippen LogP contribution in [0.1, 0.15) is 24.0 Å². The Labute approximate surface area is 102 Å². The van der Waals surface area contributed by atoms with Crippen molar-refractivity contribution >= 4 is 11.6 Å². The first kappa shape index (κ1) is 10.7. The van der Waals surface area contributed by atoms with Gasteiger partial charge in [-0.05, 0) is 60.5 Å². The Morgan fingerprint density at radius 2 is 2.18 bits per heavy atom. The normalized spacial score (nSPS) is 27.4. The largest absolute Gasteiger partial charge is 0.316 e. The Bertz CT molecular complexity index is 462. The predicted molar refractivity (Wildman–Crippen MR) is 71.4 cm³/mol. The maximum atomic E-state index is 4.29. The van der Waals surface area contributed by atoms with E-state index in [-0.39, 0.29) is 0 Å². The zero-order valence-corrected chi connectivity index (χ0v) is 10.0. The summed E-state index contributed by atoms with van der Waals surface area (Å²) < 4.78 is 0. The second-order valence-electron chi connectivity index (χ2n) is 5.06. The van der Waals surface area contributed by atoms with E-state index < -0.39 is 0 Å². The van der Waals surface area contributed by atoms with Crippen molar-refractivity contribution in [2.45, 2.75) is 12.8 Å². The van der Waals surface area contributed by atoms with Gasteiger partial charge >= 0.3 is 0 Å². The van der Waals surface area contributed by atoms with Crippen molar-refractivity contribution in [1.29, 1.82) is 0 Å². The second kappa shape index (κ2) is 4.46. The molecule has 1 N–H and O–H groups in total. The molecule has 1 saturated heterocycles. The topological polar surface area (TPSA) is 24.9 Å². The van der Waals surface area contributed by atoms with E-state index in [0.29, 0.717) is 0 Å². The fourth-order valence-corrected chi connectivity index (χ4v) is 2.94. The maximum Gasteiger partial charge on any atom is 0.0343 e. The Morgan fingerprint density at radius 1 is 1.29 bits per heavy atom. The van der Waals surface area contributed by atoms with Crippen LogP contribution >= 0.6 is 0 Å². The van der Waals surface area contributed by atoms with Gasteiger partial charge in [-0.25, -0.2) is 0 Å². The molecule has 1 aliphatic heterocycles. The average molecular weight is 226 g/mol. The van der Waals surface area contributed by atoms with Crippen molar-refractivity contribution in [2.75, 3.05) is 13.1 Å². The molecule has 2 heteroatoms. The minimum absolute atomic E-state index is 0.822. The SMILES string of the molecule is C=Cc1cncc(C2=CC[C@H]3CNC[C@H]3C2)c1. The third-order valence-corrected chi connectivity index (χ3v) is 3.99. The lowest BCUT2D eigenvalue weighted by atomic mass is 9.80. The van der Waals surface area contributed by atoms with Gasteiger partial charge in [-0.3, -0.25) is 4.98 Å². The number of nitrogens with zero attached hydrogens (tertiary/aromatic N) is 1. The molecule has 1 aliphatic carbocycles. The van der Waals surface area contributed by atoms with Crippen molar-refractivity contribution in [3.8, 4) is 0 Å². The summed E-state index contributed by atoms with van der Waals surface area (Å²) in [5.41, 5.74) is 3.84. The van der Waals surface area contributed by atoms with Gasteiger partial charge in [0.15, 0.2) is 0 Å². The van der Waals surface area contributed by atoms with E-state index >= 15 is 0 Å². The highest BCUT2D eigenvalue weighted by Gasteiger charge is 2.30. The van der Waals surface area contributed by atoms with Crippen molar-refractivity contribution < 1.29 is 0 Å². The molecule has 1 fully saturated rings. The Kier molecular flexibility index (Phi) is 2.81. The molecule has 2 atom stereocenters. The summed E-state index contributed by atoms with van der Waals surface area (Å²) in [7, 11) is 0. The molecule has 1 aromatic rings. The highest BCUT2D eigenvalue weighted by atomic mass is 14.9. The number of nitrogens with one attached hydrogen (secondary N) is 1. The molecule has 0 spiro atoms. The van der Waals surface area contributed by atoms with E-state index in [1.54, 1.807) is 0 Å². The molecule has 0 amide bonds. The lowest BCUT2D eigenvalue weighted by Crippen LogP contribution is -2.16. The molecule has 0 bridgehead atoms. The van der Waals surface area contributed by atoms with Crippen LogP contribution in [0.15, 0.2) is 31.1 Å². The van der Waals surface area contributed by atoms with Crippen molar-refractivity contribution in [1.82, 2.24) is 10.3 Å². The molecule has 2 heterocycles. The van der Waals surface area contributed by atoms with Crippen molar-refractivity contribution in [3.63, 3.8) is 0 Å². The molecule has 2 aliphatic rings. The number of hydrogen-bond acceptors (Lipinski definition) is 2.